The number of amides is 1. The average molecular weight is 231 g/mol. The highest BCUT2D eigenvalue weighted by Gasteiger charge is 2.23. The number of benzene rings is 1. The fourth-order valence-electron chi connectivity index (χ4n) is 1.74. The summed E-state index contributed by atoms with van der Waals surface area (Å²) < 4.78 is 4.85. The average Bonchev–Trinajstić information content (AvgIpc) is 3.00. The van der Waals surface area contributed by atoms with Crippen molar-refractivity contribution in [3.63, 3.8) is 0 Å². The molecular formula is C10H9N5O2. The van der Waals surface area contributed by atoms with Gasteiger partial charge in [-0.15, -0.1) is 10.2 Å². The Bertz CT molecular complexity index is 539. The first kappa shape index (κ1) is 9.76. The van der Waals surface area contributed by atoms with E-state index in [9.17, 15) is 4.79 Å². The van der Waals surface area contributed by atoms with Gasteiger partial charge in [-0.3, -0.25) is 0 Å². The molecule has 0 bridgehead atoms. The second-order valence-corrected chi connectivity index (χ2v) is 3.66. The number of aromatic nitrogens is 4. The van der Waals surface area contributed by atoms with Crippen LogP contribution in [0.15, 0.2) is 24.3 Å². The Morgan fingerprint density at radius 3 is 3.06 bits per heavy atom. The van der Waals surface area contributed by atoms with Crippen molar-refractivity contribution >= 4 is 6.09 Å². The largest absolute Gasteiger partial charge is 0.447 e. The number of nitrogens with one attached hydrogen (secondary N) is 2. The van der Waals surface area contributed by atoms with E-state index in [1.54, 1.807) is 0 Å². The lowest BCUT2D eigenvalue weighted by Crippen LogP contribution is -2.18. The topological polar surface area (TPSA) is 92.8 Å². The molecule has 0 radical (unpaired) electrons. The van der Waals surface area contributed by atoms with Crippen molar-refractivity contribution in [1.82, 2.24) is 25.9 Å². The molecule has 3 rings (SSSR count). The number of hydrogen-bond acceptors (Lipinski definition) is 5. The van der Waals surface area contributed by atoms with Gasteiger partial charge in [-0.25, -0.2) is 4.79 Å². The third-order valence-electron chi connectivity index (χ3n) is 2.57. The van der Waals surface area contributed by atoms with E-state index in [4.69, 9.17) is 4.74 Å². The highest BCUT2D eigenvalue weighted by Crippen LogP contribution is 2.22. The van der Waals surface area contributed by atoms with Crippen LogP contribution in [0.4, 0.5) is 4.79 Å². The molecule has 1 atom stereocenters. The summed E-state index contributed by atoms with van der Waals surface area (Å²) in [4.78, 5) is 11.0. The van der Waals surface area contributed by atoms with E-state index in [1.807, 2.05) is 24.3 Å². The van der Waals surface area contributed by atoms with Crippen LogP contribution in [0.2, 0.25) is 0 Å². The molecule has 1 saturated heterocycles. The summed E-state index contributed by atoms with van der Waals surface area (Å²) in [5.41, 5.74) is 1.80. The van der Waals surface area contributed by atoms with Gasteiger partial charge in [0.1, 0.15) is 6.61 Å². The molecule has 1 aromatic carbocycles. The third kappa shape index (κ3) is 1.82. The molecule has 7 nitrogen and oxygen atoms in total. The van der Waals surface area contributed by atoms with Gasteiger partial charge in [0.2, 0.25) is 5.82 Å². The van der Waals surface area contributed by atoms with Gasteiger partial charge < -0.3 is 10.1 Å². The van der Waals surface area contributed by atoms with E-state index in [0.717, 1.165) is 11.1 Å². The standard InChI is InChI=1S/C10H9N5O2/c16-10-11-8(5-17-10)6-2-1-3-7(4-6)9-12-14-15-13-9/h1-4,8H,5H2,(H,11,16)(H,12,13,14,15). The number of H-pyrrole nitrogens is 1. The van der Waals surface area contributed by atoms with Crippen molar-refractivity contribution in [2.75, 3.05) is 6.61 Å². The summed E-state index contributed by atoms with van der Waals surface area (Å²) in [7, 11) is 0. The number of rotatable bonds is 2. The first-order valence-electron chi connectivity index (χ1n) is 5.10. The number of alkyl carbamates (subject to hydrolysis) is 1. The molecular weight excluding hydrogens is 222 g/mol. The van der Waals surface area contributed by atoms with E-state index in [1.165, 1.54) is 0 Å². The Morgan fingerprint density at radius 1 is 1.41 bits per heavy atom. The maximum atomic E-state index is 11.0. The van der Waals surface area contributed by atoms with Crippen LogP contribution in [-0.2, 0) is 4.74 Å². The van der Waals surface area contributed by atoms with E-state index >= 15 is 0 Å². The summed E-state index contributed by atoms with van der Waals surface area (Å²) in [6.07, 6.45) is -0.389. The zero-order valence-corrected chi connectivity index (χ0v) is 8.75. The fourth-order valence-corrected chi connectivity index (χ4v) is 1.74. The van der Waals surface area contributed by atoms with Gasteiger partial charge in [-0.05, 0) is 16.8 Å². The number of aromatic amines is 1. The molecule has 1 aliphatic rings. The second kappa shape index (κ2) is 3.85. The van der Waals surface area contributed by atoms with Crippen LogP contribution in [0.1, 0.15) is 11.6 Å². The molecule has 2 N–H and O–H groups in total. The van der Waals surface area contributed by atoms with Crippen molar-refractivity contribution in [3.8, 4) is 11.4 Å². The number of carbonyl (C=O) groups excluding carboxylic acids is 1. The predicted octanol–water partition coefficient (Wildman–Crippen LogP) is 0.648. The van der Waals surface area contributed by atoms with Gasteiger partial charge in [-0.1, -0.05) is 18.2 Å². The normalized spacial score (nSPS) is 18.8. The van der Waals surface area contributed by atoms with Crippen LogP contribution in [-0.4, -0.2) is 33.3 Å². The zero-order valence-electron chi connectivity index (χ0n) is 8.75. The lowest BCUT2D eigenvalue weighted by Gasteiger charge is -2.08. The van der Waals surface area contributed by atoms with Crippen LogP contribution < -0.4 is 5.32 Å². The molecule has 2 aromatic rings. The molecule has 1 aliphatic heterocycles. The number of carbonyl (C=O) groups is 1. The maximum absolute atomic E-state index is 11.0. The Morgan fingerprint density at radius 2 is 2.35 bits per heavy atom. The summed E-state index contributed by atoms with van der Waals surface area (Å²) in [6.45, 7) is 0.342. The van der Waals surface area contributed by atoms with E-state index in [-0.39, 0.29) is 12.1 Å². The molecule has 86 valence electrons. The number of tetrazole rings is 1. The SMILES string of the molecule is O=C1NC(c2cccc(-c3nn[nH]n3)c2)CO1. The molecule has 0 aliphatic carbocycles. The molecule has 0 saturated carbocycles. The van der Waals surface area contributed by atoms with Gasteiger partial charge in [0.25, 0.3) is 0 Å². The third-order valence-corrected chi connectivity index (χ3v) is 2.57. The fraction of sp³-hybridized carbons (Fsp3) is 0.200. The quantitative estimate of drug-likeness (QED) is 0.791. The van der Waals surface area contributed by atoms with Gasteiger partial charge in [0, 0.05) is 5.56 Å². The van der Waals surface area contributed by atoms with Crippen LogP contribution >= 0.6 is 0 Å². The molecule has 1 aromatic heterocycles. The monoisotopic (exact) mass is 231 g/mol. The van der Waals surface area contributed by atoms with Crippen LogP contribution in [0.5, 0.6) is 0 Å². The minimum Gasteiger partial charge on any atom is -0.447 e. The number of nitrogens with zero attached hydrogens (tertiary/aromatic N) is 3. The summed E-state index contributed by atoms with van der Waals surface area (Å²) >= 11 is 0. The Balaban J connectivity index is 1.92. The van der Waals surface area contributed by atoms with Crippen LogP contribution in [0, 0.1) is 0 Å². The number of hydrogen-bond donors (Lipinski definition) is 2. The second-order valence-electron chi connectivity index (χ2n) is 3.66. The van der Waals surface area contributed by atoms with Crippen molar-refractivity contribution in [3.05, 3.63) is 29.8 Å². The highest BCUT2D eigenvalue weighted by molar-refractivity contribution is 5.70. The Labute approximate surface area is 96.2 Å². The van der Waals surface area contributed by atoms with Crippen LogP contribution in [0.3, 0.4) is 0 Å². The summed E-state index contributed by atoms with van der Waals surface area (Å²) in [5.74, 6) is 0.525. The van der Waals surface area contributed by atoms with Gasteiger partial charge >= 0.3 is 6.09 Å². The van der Waals surface area contributed by atoms with Crippen molar-refractivity contribution in [2.45, 2.75) is 6.04 Å². The molecule has 7 heteroatoms. The molecule has 2 heterocycles. The minimum atomic E-state index is -0.389. The highest BCUT2D eigenvalue weighted by atomic mass is 16.6. The summed E-state index contributed by atoms with van der Waals surface area (Å²) in [5, 5.41) is 16.4. The minimum absolute atomic E-state index is 0.116. The Hall–Kier alpha value is -2.44. The smallest absolute Gasteiger partial charge is 0.407 e. The van der Waals surface area contributed by atoms with Gasteiger partial charge in [0.05, 0.1) is 6.04 Å². The molecule has 0 spiro atoms. The molecule has 17 heavy (non-hydrogen) atoms. The number of cyclic esters (lactones) is 1. The van der Waals surface area contributed by atoms with Crippen molar-refractivity contribution in [1.29, 1.82) is 0 Å². The van der Waals surface area contributed by atoms with Crippen molar-refractivity contribution in [2.24, 2.45) is 0 Å². The maximum Gasteiger partial charge on any atom is 0.407 e. The zero-order chi connectivity index (χ0) is 11.7. The predicted molar refractivity (Wildman–Crippen MR) is 56.8 cm³/mol. The molecule has 1 amide bonds. The lowest BCUT2D eigenvalue weighted by molar-refractivity contribution is 0.177. The Kier molecular flexibility index (Phi) is 2.21. The lowest BCUT2D eigenvalue weighted by atomic mass is 10.0. The van der Waals surface area contributed by atoms with E-state index in [0.29, 0.717) is 12.4 Å². The summed E-state index contributed by atoms with van der Waals surface area (Å²) in [6, 6.07) is 7.47. The van der Waals surface area contributed by atoms with E-state index < -0.39 is 0 Å². The van der Waals surface area contributed by atoms with E-state index in [2.05, 4.69) is 25.9 Å². The van der Waals surface area contributed by atoms with Gasteiger partial charge in [-0.2, -0.15) is 5.21 Å². The number of ether oxygens (including phenoxy) is 1. The van der Waals surface area contributed by atoms with Crippen molar-refractivity contribution < 1.29 is 9.53 Å². The molecule has 1 unspecified atom stereocenters. The van der Waals surface area contributed by atoms with Gasteiger partial charge in [0.15, 0.2) is 0 Å². The first-order valence-corrected chi connectivity index (χ1v) is 5.10. The first-order chi connectivity index (χ1) is 8.33. The molecule has 1 fully saturated rings. The van der Waals surface area contributed by atoms with Crippen LogP contribution in [0.25, 0.3) is 11.4 Å².